The summed E-state index contributed by atoms with van der Waals surface area (Å²) in [4.78, 5) is 12.0. The molecule has 1 heterocycles. The van der Waals surface area contributed by atoms with E-state index in [9.17, 15) is 4.39 Å². The molecule has 0 saturated heterocycles. The van der Waals surface area contributed by atoms with E-state index in [4.69, 9.17) is 16.4 Å². The summed E-state index contributed by atoms with van der Waals surface area (Å²) in [7, 11) is 3.86. The van der Waals surface area contributed by atoms with Gasteiger partial charge in [-0.1, -0.05) is 16.8 Å². The zero-order valence-corrected chi connectivity index (χ0v) is 16.0. The number of benzene rings is 2. The van der Waals surface area contributed by atoms with Crippen LogP contribution in [0.5, 0.6) is 0 Å². The second kappa shape index (κ2) is 7.46. The maximum Gasteiger partial charge on any atom is 0.158 e. The van der Waals surface area contributed by atoms with Crippen LogP contribution in [0.25, 0.3) is 0 Å². The number of nitrogens with zero attached hydrogens (tertiary/aromatic N) is 3. The van der Waals surface area contributed by atoms with Gasteiger partial charge in [-0.2, -0.15) is 0 Å². The monoisotopic (exact) mass is 373 g/mol. The van der Waals surface area contributed by atoms with E-state index in [1.807, 2.05) is 38.9 Å². The molecule has 2 aromatic rings. The number of aliphatic imine (C=N–C) groups is 1. The first kappa shape index (κ1) is 18.4. The van der Waals surface area contributed by atoms with Gasteiger partial charge >= 0.3 is 0 Å². The van der Waals surface area contributed by atoms with Crippen molar-refractivity contribution in [3.8, 4) is 0 Å². The Morgan fingerprint density at radius 1 is 1.23 bits per heavy atom. The van der Waals surface area contributed by atoms with E-state index in [2.05, 4.69) is 16.2 Å². The molecule has 136 valence electrons. The summed E-state index contributed by atoms with van der Waals surface area (Å²) < 4.78 is 14.1. The van der Waals surface area contributed by atoms with E-state index in [1.54, 1.807) is 18.5 Å². The van der Waals surface area contributed by atoms with Crippen molar-refractivity contribution >= 4 is 29.3 Å². The van der Waals surface area contributed by atoms with Crippen molar-refractivity contribution < 1.29 is 9.23 Å². The van der Waals surface area contributed by atoms with Crippen molar-refractivity contribution in [1.29, 1.82) is 0 Å². The Labute approximate surface area is 157 Å². The molecule has 1 atom stereocenters. The minimum absolute atomic E-state index is 0.231. The highest BCUT2D eigenvalue weighted by atomic mass is 35.5. The fraction of sp³-hybridized carbons (Fsp3) is 0.300. The molecule has 4 nitrogen and oxygen atoms in total. The molecule has 0 N–H and O–H groups in total. The molecule has 0 aromatic heterocycles. The molecule has 1 unspecified atom stereocenters. The predicted octanol–water partition coefficient (Wildman–Crippen LogP) is 5.18. The van der Waals surface area contributed by atoms with Crippen molar-refractivity contribution in [3.63, 3.8) is 0 Å². The van der Waals surface area contributed by atoms with Crippen molar-refractivity contribution in [3.05, 3.63) is 63.4 Å². The molecule has 0 radical (unpaired) electrons. The second-order valence-corrected chi connectivity index (χ2v) is 7.10. The maximum atomic E-state index is 14.1. The Balaban J connectivity index is 1.82. The van der Waals surface area contributed by atoms with Gasteiger partial charge in [-0.3, -0.25) is 0 Å². The number of hydrogen-bond donors (Lipinski definition) is 0. The van der Waals surface area contributed by atoms with Gasteiger partial charge in [0.05, 0.1) is 17.7 Å². The Bertz CT molecular complexity index is 893. The van der Waals surface area contributed by atoms with E-state index >= 15 is 0 Å². The van der Waals surface area contributed by atoms with Gasteiger partial charge in [0, 0.05) is 31.1 Å². The largest absolute Gasteiger partial charge is 0.387 e. The summed E-state index contributed by atoms with van der Waals surface area (Å²) >= 11 is 5.82. The number of aryl methyl sites for hydroxylation is 2. The molecule has 0 fully saturated rings. The van der Waals surface area contributed by atoms with Gasteiger partial charge in [0.25, 0.3) is 0 Å². The number of oxime groups is 1. The topological polar surface area (TPSA) is 37.2 Å². The van der Waals surface area contributed by atoms with Crippen LogP contribution in [-0.2, 0) is 4.84 Å². The van der Waals surface area contributed by atoms with Crippen LogP contribution >= 0.6 is 11.6 Å². The van der Waals surface area contributed by atoms with Crippen LogP contribution in [0.2, 0.25) is 5.02 Å². The molecule has 0 bridgehead atoms. The lowest BCUT2D eigenvalue weighted by atomic mass is 9.95. The van der Waals surface area contributed by atoms with Crippen LogP contribution in [0.15, 0.2) is 40.5 Å². The molecule has 2 aromatic carbocycles. The fourth-order valence-corrected chi connectivity index (χ4v) is 3.07. The molecule has 1 aliphatic heterocycles. The average molecular weight is 374 g/mol. The summed E-state index contributed by atoms with van der Waals surface area (Å²) in [5.74, 6) is -0.387. The Morgan fingerprint density at radius 3 is 2.69 bits per heavy atom. The molecular weight excluding hydrogens is 353 g/mol. The lowest BCUT2D eigenvalue weighted by Gasteiger charge is -2.14. The number of halogens is 2. The van der Waals surface area contributed by atoms with E-state index in [0.29, 0.717) is 22.7 Å². The van der Waals surface area contributed by atoms with Crippen molar-refractivity contribution in [2.45, 2.75) is 26.4 Å². The highest BCUT2D eigenvalue weighted by Crippen LogP contribution is 2.35. The quantitative estimate of drug-likeness (QED) is 0.546. The van der Waals surface area contributed by atoms with Crippen LogP contribution in [-0.4, -0.2) is 31.0 Å². The van der Waals surface area contributed by atoms with Gasteiger partial charge in [0.2, 0.25) is 0 Å². The SMILES string of the molecule is Cc1cc(C2CC(c3ccc(Cl)cc3F)=NO2)c(C)cc1N=CN(C)C. The molecule has 0 amide bonds. The predicted molar refractivity (Wildman–Crippen MR) is 104 cm³/mol. The first-order valence-corrected chi connectivity index (χ1v) is 8.73. The second-order valence-electron chi connectivity index (χ2n) is 6.66. The van der Waals surface area contributed by atoms with Gasteiger partial charge in [-0.25, -0.2) is 9.38 Å². The highest BCUT2D eigenvalue weighted by Gasteiger charge is 2.27. The third-order valence-corrected chi connectivity index (χ3v) is 4.51. The van der Waals surface area contributed by atoms with E-state index in [1.165, 1.54) is 6.07 Å². The van der Waals surface area contributed by atoms with Crippen LogP contribution in [0, 0.1) is 19.7 Å². The molecule has 26 heavy (non-hydrogen) atoms. The summed E-state index contributed by atoms with van der Waals surface area (Å²) in [5, 5.41) is 4.47. The molecule has 0 spiro atoms. The summed E-state index contributed by atoms with van der Waals surface area (Å²) in [5.41, 5.74) is 5.11. The van der Waals surface area contributed by atoms with Crippen molar-refractivity contribution in [2.24, 2.45) is 10.1 Å². The summed E-state index contributed by atoms with van der Waals surface area (Å²) in [6.45, 7) is 4.04. The molecule has 0 saturated carbocycles. The van der Waals surface area contributed by atoms with Gasteiger partial charge in [-0.05, 0) is 60.9 Å². The first-order chi connectivity index (χ1) is 12.3. The van der Waals surface area contributed by atoms with Gasteiger partial charge in [0.15, 0.2) is 6.10 Å². The molecule has 3 rings (SSSR count). The lowest BCUT2D eigenvalue weighted by molar-refractivity contribution is 0.0852. The van der Waals surface area contributed by atoms with Crippen LogP contribution < -0.4 is 0 Å². The standard InChI is InChI=1S/C20H21ClFN3O/c1-12-8-18(23-11-25(3)4)13(2)7-16(12)20-10-19(24-26-20)15-6-5-14(21)9-17(15)22/h5-9,11,20H,10H2,1-4H3. The maximum absolute atomic E-state index is 14.1. The highest BCUT2D eigenvalue weighted by molar-refractivity contribution is 6.30. The van der Waals surface area contributed by atoms with Gasteiger partial charge in [0.1, 0.15) is 5.82 Å². The smallest absolute Gasteiger partial charge is 0.158 e. The molecule has 1 aliphatic rings. The average Bonchev–Trinajstić information content (AvgIpc) is 3.04. The van der Waals surface area contributed by atoms with Crippen LogP contribution in [0.1, 0.15) is 34.8 Å². The Kier molecular flexibility index (Phi) is 5.28. The molecule has 0 aliphatic carbocycles. The summed E-state index contributed by atoms with van der Waals surface area (Å²) in [6, 6.07) is 8.69. The van der Waals surface area contributed by atoms with Crippen molar-refractivity contribution in [1.82, 2.24) is 4.90 Å². The minimum Gasteiger partial charge on any atom is -0.387 e. The van der Waals surface area contributed by atoms with E-state index < -0.39 is 0 Å². The summed E-state index contributed by atoms with van der Waals surface area (Å²) in [6.07, 6.45) is 2.06. The Hall–Kier alpha value is -2.40. The van der Waals surface area contributed by atoms with E-state index in [0.717, 1.165) is 22.4 Å². The number of hydrogen-bond acceptors (Lipinski definition) is 3. The third kappa shape index (κ3) is 3.88. The first-order valence-electron chi connectivity index (χ1n) is 8.35. The van der Waals surface area contributed by atoms with Gasteiger partial charge < -0.3 is 9.74 Å². The lowest BCUT2D eigenvalue weighted by Crippen LogP contribution is -2.07. The number of rotatable bonds is 4. The van der Waals surface area contributed by atoms with Crippen molar-refractivity contribution in [2.75, 3.05) is 14.1 Å². The third-order valence-electron chi connectivity index (χ3n) is 4.27. The Morgan fingerprint density at radius 2 is 2.00 bits per heavy atom. The van der Waals surface area contributed by atoms with Crippen LogP contribution in [0.3, 0.4) is 0 Å². The van der Waals surface area contributed by atoms with Crippen LogP contribution in [0.4, 0.5) is 10.1 Å². The van der Waals surface area contributed by atoms with E-state index in [-0.39, 0.29) is 11.9 Å². The zero-order valence-electron chi connectivity index (χ0n) is 15.3. The molecule has 6 heteroatoms. The minimum atomic E-state index is -0.387. The zero-order chi connectivity index (χ0) is 18.8. The van der Waals surface area contributed by atoms with Gasteiger partial charge in [-0.15, -0.1) is 0 Å². The fourth-order valence-electron chi connectivity index (χ4n) is 2.91. The normalized spacial score (nSPS) is 16.7. The molecular formula is C20H21ClFN3O.